The molecule has 2 heterocycles. The highest BCUT2D eigenvalue weighted by Crippen LogP contribution is 2.20. The summed E-state index contributed by atoms with van der Waals surface area (Å²) in [5.74, 6) is 0.850. The number of aromatic nitrogens is 3. The maximum Gasteiger partial charge on any atom is 0.293 e. The summed E-state index contributed by atoms with van der Waals surface area (Å²) in [4.78, 5) is 18.5. The number of methoxy groups -OCH3 is 1. The second-order valence-corrected chi connectivity index (χ2v) is 5.13. The maximum absolute atomic E-state index is 12.5. The number of nitrogens with two attached hydrogens (primary N) is 1. The maximum atomic E-state index is 12.5. The van der Waals surface area contributed by atoms with Crippen LogP contribution in [0.1, 0.15) is 42.6 Å². The number of piperidine rings is 1. The van der Waals surface area contributed by atoms with Crippen molar-refractivity contribution in [2.24, 2.45) is 5.73 Å². The average molecular weight is 281 g/mol. The molecule has 0 aromatic carbocycles. The Bertz CT molecular complexity index is 448. The predicted molar refractivity (Wildman–Crippen MR) is 74.3 cm³/mol. The van der Waals surface area contributed by atoms with Crippen LogP contribution in [0.3, 0.4) is 0 Å². The molecule has 1 aromatic heterocycles. The third-order valence-electron chi connectivity index (χ3n) is 3.74. The number of ether oxygens (including phenoxy) is 1. The largest absolute Gasteiger partial charge is 0.381 e. The van der Waals surface area contributed by atoms with Crippen molar-refractivity contribution in [3.8, 4) is 0 Å². The molecular formula is C13H23N5O2. The summed E-state index contributed by atoms with van der Waals surface area (Å²) < 4.78 is 5.36. The van der Waals surface area contributed by atoms with Crippen LogP contribution < -0.4 is 5.73 Å². The summed E-state index contributed by atoms with van der Waals surface area (Å²) in [5.41, 5.74) is 5.78. The van der Waals surface area contributed by atoms with E-state index in [1.165, 1.54) is 0 Å². The van der Waals surface area contributed by atoms with Gasteiger partial charge in [-0.2, -0.15) is 0 Å². The molecule has 1 saturated heterocycles. The standard InChI is InChI=1S/C13H23N5O2/c1-3-4-11-15-12(17-16-11)13(19)18-6-5-10(20-2)7-9(18)8-14/h9-10H,3-8,14H2,1-2H3,(H,15,16,17). The first-order valence-corrected chi connectivity index (χ1v) is 7.14. The van der Waals surface area contributed by atoms with E-state index < -0.39 is 0 Å². The average Bonchev–Trinajstić information content (AvgIpc) is 2.94. The number of nitrogens with one attached hydrogen (secondary N) is 1. The van der Waals surface area contributed by atoms with E-state index in [1.54, 1.807) is 12.0 Å². The summed E-state index contributed by atoms with van der Waals surface area (Å²) in [6.45, 7) is 3.12. The molecule has 0 spiro atoms. The van der Waals surface area contributed by atoms with Crippen LogP contribution in [-0.4, -0.2) is 58.3 Å². The Kier molecular flexibility index (Phi) is 5.08. The van der Waals surface area contributed by atoms with Gasteiger partial charge in [0.25, 0.3) is 5.91 Å². The van der Waals surface area contributed by atoms with Crippen molar-refractivity contribution in [1.29, 1.82) is 0 Å². The van der Waals surface area contributed by atoms with Gasteiger partial charge in [0.1, 0.15) is 5.82 Å². The number of aromatic amines is 1. The van der Waals surface area contributed by atoms with Crippen molar-refractivity contribution in [1.82, 2.24) is 20.1 Å². The molecule has 0 radical (unpaired) electrons. The lowest BCUT2D eigenvalue weighted by atomic mass is 9.99. The topological polar surface area (TPSA) is 97.1 Å². The van der Waals surface area contributed by atoms with Crippen molar-refractivity contribution in [2.75, 3.05) is 20.2 Å². The minimum absolute atomic E-state index is 0.00525. The lowest BCUT2D eigenvalue weighted by Crippen LogP contribution is -2.51. The van der Waals surface area contributed by atoms with Gasteiger partial charge in [-0.15, -0.1) is 5.10 Å². The molecule has 1 aliphatic rings. The lowest BCUT2D eigenvalue weighted by molar-refractivity contribution is 0.0133. The number of hydrogen-bond donors (Lipinski definition) is 2. The summed E-state index contributed by atoms with van der Waals surface area (Å²) in [7, 11) is 1.70. The van der Waals surface area contributed by atoms with Gasteiger partial charge in [0.15, 0.2) is 0 Å². The minimum atomic E-state index is -0.145. The Hall–Kier alpha value is -1.47. The Balaban J connectivity index is 2.06. The smallest absolute Gasteiger partial charge is 0.293 e. The minimum Gasteiger partial charge on any atom is -0.381 e. The van der Waals surface area contributed by atoms with E-state index in [-0.39, 0.29) is 23.9 Å². The molecule has 20 heavy (non-hydrogen) atoms. The summed E-state index contributed by atoms with van der Waals surface area (Å²) >= 11 is 0. The number of rotatable bonds is 5. The Labute approximate surface area is 118 Å². The molecule has 1 fully saturated rings. The van der Waals surface area contributed by atoms with Gasteiger partial charge in [-0.05, 0) is 19.3 Å². The van der Waals surface area contributed by atoms with Gasteiger partial charge in [0, 0.05) is 32.7 Å². The van der Waals surface area contributed by atoms with Crippen LogP contribution in [0.25, 0.3) is 0 Å². The number of carbonyl (C=O) groups excluding carboxylic acids is 1. The quantitative estimate of drug-likeness (QED) is 0.811. The molecule has 1 aliphatic heterocycles. The van der Waals surface area contributed by atoms with Crippen LogP contribution in [0, 0.1) is 0 Å². The first-order valence-electron chi connectivity index (χ1n) is 7.14. The number of nitrogens with zero attached hydrogens (tertiary/aromatic N) is 3. The highest BCUT2D eigenvalue weighted by atomic mass is 16.5. The number of likely N-dealkylation sites (tertiary alicyclic amines) is 1. The number of carbonyl (C=O) groups is 1. The van der Waals surface area contributed by atoms with E-state index in [2.05, 4.69) is 22.1 Å². The summed E-state index contributed by atoms with van der Waals surface area (Å²) in [5, 5.41) is 6.83. The van der Waals surface area contributed by atoms with Crippen LogP contribution in [0.15, 0.2) is 0 Å². The fourth-order valence-electron chi connectivity index (χ4n) is 2.59. The zero-order chi connectivity index (χ0) is 14.5. The van der Waals surface area contributed by atoms with Crippen molar-refractivity contribution in [3.05, 3.63) is 11.6 Å². The molecule has 1 aromatic rings. The molecule has 3 N–H and O–H groups in total. The highest BCUT2D eigenvalue weighted by molar-refractivity contribution is 5.90. The number of hydrogen-bond acceptors (Lipinski definition) is 5. The highest BCUT2D eigenvalue weighted by Gasteiger charge is 2.32. The van der Waals surface area contributed by atoms with E-state index in [0.717, 1.165) is 31.5 Å². The molecule has 2 atom stereocenters. The molecule has 0 saturated carbocycles. The number of H-pyrrole nitrogens is 1. The SMILES string of the molecule is CCCc1nc(C(=O)N2CCC(OC)CC2CN)n[nH]1. The van der Waals surface area contributed by atoms with Gasteiger partial charge in [0.05, 0.1) is 6.10 Å². The third-order valence-corrected chi connectivity index (χ3v) is 3.74. The van der Waals surface area contributed by atoms with Crippen LogP contribution in [0.5, 0.6) is 0 Å². The molecule has 1 amide bonds. The van der Waals surface area contributed by atoms with Gasteiger partial charge in [-0.1, -0.05) is 6.92 Å². The van der Waals surface area contributed by atoms with Crippen molar-refractivity contribution in [3.63, 3.8) is 0 Å². The number of amides is 1. The van der Waals surface area contributed by atoms with E-state index in [0.29, 0.717) is 13.1 Å². The fourth-order valence-corrected chi connectivity index (χ4v) is 2.59. The second kappa shape index (κ2) is 6.81. The van der Waals surface area contributed by atoms with E-state index in [4.69, 9.17) is 10.5 Å². The Morgan fingerprint density at radius 1 is 1.60 bits per heavy atom. The molecule has 112 valence electrons. The van der Waals surface area contributed by atoms with Crippen molar-refractivity contribution in [2.45, 2.75) is 44.8 Å². The third kappa shape index (κ3) is 3.16. The zero-order valence-electron chi connectivity index (χ0n) is 12.1. The molecule has 7 heteroatoms. The molecular weight excluding hydrogens is 258 g/mol. The lowest BCUT2D eigenvalue weighted by Gasteiger charge is -2.37. The van der Waals surface area contributed by atoms with Crippen LogP contribution in [-0.2, 0) is 11.2 Å². The summed E-state index contributed by atoms with van der Waals surface area (Å²) in [6.07, 6.45) is 3.53. The normalized spacial score (nSPS) is 23.1. The first-order chi connectivity index (χ1) is 9.69. The summed E-state index contributed by atoms with van der Waals surface area (Å²) in [6, 6.07) is -0.00525. The van der Waals surface area contributed by atoms with Gasteiger partial charge in [-0.25, -0.2) is 4.98 Å². The van der Waals surface area contributed by atoms with Crippen LogP contribution >= 0.6 is 0 Å². The van der Waals surface area contributed by atoms with E-state index in [9.17, 15) is 4.79 Å². The van der Waals surface area contributed by atoms with Gasteiger partial charge in [0.2, 0.25) is 5.82 Å². The molecule has 2 unspecified atom stereocenters. The van der Waals surface area contributed by atoms with Crippen LogP contribution in [0.4, 0.5) is 0 Å². The Morgan fingerprint density at radius 2 is 2.40 bits per heavy atom. The fraction of sp³-hybridized carbons (Fsp3) is 0.769. The van der Waals surface area contributed by atoms with Gasteiger partial charge in [-0.3, -0.25) is 9.89 Å². The first kappa shape index (κ1) is 14.9. The van der Waals surface area contributed by atoms with E-state index in [1.807, 2.05) is 0 Å². The van der Waals surface area contributed by atoms with Gasteiger partial charge >= 0.3 is 0 Å². The zero-order valence-corrected chi connectivity index (χ0v) is 12.1. The van der Waals surface area contributed by atoms with Crippen LogP contribution in [0.2, 0.25) is 0 Å². The monoisotopic (exact) mass is 281 g/mol. The predicted octanol–water partition coefficient (Wildman–Crippen LogP) is 0.336. The molecule has 7 nitrogen and oxygen atoms in total. The number of aryl methyl sites for hydroxylation is 1. The molecule has 2 rings (SSSR count). The van der Waals surface area contributed by atoms with Gasteiger partial charge < -0.3 is 15.4 Å². The second-order valence-electron chi connectivity index (χ2n) is 5.13. The van der Waals surface area contributed by atoms with E-state index >= 15 is 0 Å². The molecule has 0 bridgehead atoms. The Morgan fingerprint density at radius 3 is 3.05 bits per heavy atom. The van der Waals surface area contributed by atoms with Crippen molar-refractivity contribution < 1.29 is 9.53 Å². The molecule has 0 aliphatic carbocycles. The van der Waals surface area contributed by atoms with Crippen molar-refractivity contribution >= 4 is 5.91 Å².